The van der Waals surface area contributed by atoms with Crippen LogP contribution in [-0.4, -0.2) is 48.4 Å². The number of carbonyl (C=O) groups is 1. The Balaban J connectivity index is 1.77. The Hall–Kier alpha value is -0.570. The minimum absolute atomic E-state index is 0.263. The molecule has 0 bridgehead atoms. The van der Waals surface area contributed by atoms with Crippen LogP contribution in [-0.2, 0) is 4.79 Å². The molecule has 1 amide bonds. The number of amides is 1. The minimum Gasteiger partial charge on any atom is -0.340 e. The average molecular weight is 252 g/mol. The molecule has 0 N–H and O–H groups in total. The van der Waals surface area contributed by atoms with Gasteiger partial charge in [-0.3, -0.25) is 9.69 Å². The molecule has 1 saturated carbocycles. The molecule has 1 heterocycles. The number of piperazine rings is 1. The summed E-state index contributed by atoms with van der Waals surface area (Å²) in [5, 5.41) is 0. The van der Waals surface area contributed by atoms with Gasteiger partial charge < -0.3 is 4.90 Å². The van der Waals surface area contributed by atoms with E-state index in [9.17, 15) is 4.79 Å². The van der Waals surface area contributed by atoms with Crippen molar-refractivity contribution < 1.29 is 4.79 Å². The lowest BCUT2D eigenvalue weighted by molar-refractivity contribution is -0.137. The van der Waals surface area contributed by atoms with Gasteiger partial charge in [-0.25, -0.2) is 0 Å². The normalized spacial score (nSPS) is 24.1. The molecule has 3 heteroatoms. The Bertz CT molecular complexity index is 296. The lowest BCUT2D eigenvalue weighted by Gasteiger charge is -2.38. The Labute approximate surface area is 112 Å². The largest absolute Gasteiger partial charge is 0.340 e. The fourth-order valence-corrected chi connectivity index (χ4v) is 2.88. The van der Waals surface area contributed by atoms with Gasteiger partial charge in [-0.15, -0.1) is 0 Å². The fraction of sp³-hybridized carbons (Fsp3) is 0.933. The number of hydrogen-bond donors (Lipinski definition) is 0. The maximum absolute atomic E-state index is 12.3. The van der Waals surface area contributed by atoms with Crippen molar-refractivity contribution in [1.29, 1.82) is 0 Å². The van der Waals surface area contributed by atoms with Crippen LogP contribution in [0.15, 0.2) is 0 Å². The van der Waals surface area contributed by atoms with Gasteiger partial charge in [0.05, 0.1) is 0 Å². The summed E-state index contributed by atoms with van der Waals surface area (Å²) in [6, 6.07) is 0. The van der Waals surface area contributed by atoms with Crippen LogP contribution >= 0.6 is 0 Å². The summed E-state index contributed by atoms with van der Waals surface area (Å²) in [6.45, 7) is 14.0. The highest BCUT2D eigenvalue weighted by Gasteiger charge is 2.35. The van der Waals surface area contributed by atoms with Gasteiger partial charge in [0.25, 0.3) is 0 Å². The van der Waals surface area contributed by atoms with E-state index in [0.29, 0.717) is 17.2 Å². The zero-order valence-electron chi connectivity index (χ0n) is 12.4. The third-order valence-electron chi connectivity index (χ3n) is 4.10. The van der Waals surface area contributed by atoms with Crippen LogP contribution in [0.4, 0.5) is 0 Å². The van der Waals surface area contributed by atoms with Crippen molar-refractivity contribution in [2.45, 2.75) is 40.5 Å². The molecule has 0 spiro atoms. The van der Waals surface area contributed by atoms with Crippen LogP contribution in [0, 0.1) is 17.3 Å². The van der Waals surface area contributed by atoms with E-state index in [4.69, 9.17) is 0 Å². The van der Waals surface area contributed by atoms with E-state index in [-0.39, 0.29) is 5.92 Å². The molecule has 0 aromatic rings. The summed E-state index contributed by atoms with van der Waals surface area (Å²) in [5.41, 5.74) is 0.355. The minimum atomic E-state index is 0.263. The summed E-state index contributed by atoms with van der Waals surface area (Å²) in [7, 11) is 0. The van der Waals surface area contributed by atoms with Crippen LogP contribution in [0.1, 0.15) is 40.5 Å². The second kappa shape index (κ2) is 5.20. The molecule has 0 radical (unpaired) electrons. The van der Waals surface area contributed by atoms with Crippen LogP contribution in [0.2, 0.25) is 0 Å². The highest BCUT2D eigenvalue weighted by Crippen LogP contribution is 2.37. The third kappa shape index (κ3) is 3.71. The van der Waals surface area contributed by atoms with Crippen molar-refractivity contribution in [2.24, 2.45) is 17.3 Å². The molecule has 0 aromatic heterocycles. The van der Waals surface area contributed by atoms with Gasteiger partial charge in [0.1, 0.15) is 0 Å². The lowest BCUT2D eigenvalue weighted by Crippen LogP contribution is -2.51. The molecule has 1 saturated heterocycles. The molecule has 104 valence electrons. The Morgan fingerprint density at radius 1 is 1.17 bits per heavy atom. The molecule has 0 aromatic carbocycles. The first-order chi connectivity index (χ1) is 8.37. The van der Waals surface area contributed by atoms with Gasteiger partial charge in [-0.1, -0.05) is 27.7 Å². The predicted molar refractivity (Wildman–Crippen MR) is 74.4 cm³/mol. The Kier molecular flexibility index (Phi) is 4.00. The maximum atomic E-state index is 12.3. The molecule has 1 atom stereocenters. The van der Waals surface area contributed by atoms with Crippen molar-refractivity contribution in [3.8, 4) is 0 Å². The van der Waals surface area contributed by atoms with E-state index in [0.717, 1.165) is 32.7 Å². The van der Waals surface area contributed by atoms with Gasteiger partial charge in [0.15, 0.2) is 0 Å². The topological polar surface area (TPSA) is 23.6 Å². The number of hydrogen-bond acceptors (Lipinski definition) is 2. The van der Waals surface area contributed by atoms with E-state index < -0.39 is 0 Å². The van der Waals surface area contributed by atoms with Gasteiger partial charge in [0, 0.05) is 38.6 Å². The van der Waals surface area contributed by atoms with Gasteiger partial charge in [0.2, 0.25) is 5.91 Å². The number of carbonyl (C=O) groups excluding carboxylic acids is 1. The number of rotatable bonds is 3. The molecular weight excluding hydrogens is 224 g/mol. The maximum Gasteiger partial charge on any atom is 0.225 e. The smallest absolute Gasteiger partial charge is 0.225 e. The summed E-state index contributed by atoms with van der Waals surface area (Å²) in [6.07, 6.45) is 2.52. The SMILES string of the molecule is CC(C(=O)N1CCN(CC(C)(C)C)CC1)C1CC1. The van der Waals surface area contributed by atoms with Crippen molar-refractivity contribution in [1.82, 2.24) is 9.80 Å². The summed E-state index contributed by atoms with van der Waals surface area (Å²) in [5.74, 6) is 1.34. The molecular formula is C15H28N2O. The predicted octanol–water partition coefficient (Wildman–Crippen LogP) is 2.22. The summed E-state index contributed by atoms with van der Waals surface area (Å²) >= 11 is 0. The third-order valence-corrected chi connectivity index (χ3v) is 4.10. The molecule has 2 aliphatic rings. The molecule has 18 heavy (non-hydrogen) atoms. The second-order valence-electron chi connectivity index (χ2n) is 7.29. The standard InChI is InChI=1S/C15H28N2O/c1-12(13-5-6-13)14(18)17-9-7-16(8-10-17)11-15(2,3)4/h12-13H,5-11H2,1-4H3. The van der Waals surface area contributed by atoms with Crippen molar-refractivity contribution in [3.05, 3.63) is 0 Å². The highest BCUT2D eigenvalue weighted by molar-refractivity contribution is 5.79. The van der Waals surface area contributed by atoms with Gasteiger partial charge in [-0.2, -0.15) is 0 Å². The Morgan fingerprint density at radius 2 is 1.72 bits per heavy atom. The first-order valence-corrected chi connectivity index (χ1v) is 7.38. The average Bonchev–Trinajstić information content (AvgIpc) is 3.10. The lowest BCUT2D eigenvalue weighted by atomic mass is 9.95. The van der Waals surface area contributed by atoms with Crippen LogP contribution in [0.5, 0.6) is 0 Å². The monoisotopic (exact) mass is 252 g/mol. The highest BCUT2D eigenvalue weighted by atomic mass is 16.2. The molecule has 2 fully saturated rings. The molecule has 2 rings (SSSR count). The molecule has 1 aliphatic heterocycles. The summed E-state index contributed by atoms with van der Waals surface area (Å²) in [4.78, 5) is 16.9. The van der Waals surface area contributed by atoms with Crippen LogP contribution in [0.3, 0.4) is 0 Å². The van der Waals surface area contributed by atoms with Crippen molar-refractivity contribution in [3.63, 3.8) is 0 Å². The molecule has 3 nitrogen and oxygen atoms in total. The second-order valence-corrected chi connectivity index (χ2v) is 7.29. The first kappa shape index (κ1) is 13.9. The van der Waals surface area contributed by atoms with Crippen molar-refractivity contribution >= 4 is 5.91 Å². The van der Waals surface area contributed by atoms with Crippen molar-refractivity contribution in [2.75, 3.05) is 32.7 Å². The van der Waals surface area contributed by atoms with E-state index >= 15 is 0 Å². The van der Waals surface area contributed by atoms with E-state index in [1.165, 1.54) is 12.8 Å². The first-order valence-electron chi connectivity index (χ1n) is 7.38. The molecule has 1 unspecified atom stereocenters. The van der Waals surface area contributed by atoms with Gasteiger partial charge >= 0.3 is 0 Å². The zero-order valence-corrected chi connectivity index (χ0v) is 12.4. The molecule has 1 aliphatic carbocycles. The number of nitrogens with zero attached hydrogens (tertiary/aromatic N) is 2. The summed E-state index contributed by atoms with van der Waals surface area (Å²) < 4.78 is 0. The zero-order chi connectivity index (χ0) is 13.3. The van der Waals surface area contributed by atoms with Crippen LogP contribution < -0.4 is 0 Å². The quantitative estimate of drug-likeness (QED) is 0.769. The van der Waals surface area contributed by atoms with E-state index in [1.54, 1.807) is 0 Å². The Morgan fingerprint density at radius 3 is 2.17 bits per heavy atom. The van der Waals surface area contributed by atoms with Crippen LogP contribution in [0.25, 0.3) is 0 Å². The van der Waals surface area contributed by atoms with E-state index in [1.807, 2.05) is 0 Å². The fourth-order valence-electron chi connectivity index (χ4n) is 2.88. The van der Waals surface area contributed by atoms with Gasteiger partial charge in [-0.05, 0) is 24.2 Å². The van der Waals surface area contributed by atoms with E-state index in [2.05, 4.69) is 37.5 Å².